The van der Waals surface area contributed by atoms with Gasteiger partial charge in [0.1, 0.15) is 11.3 Å². The van der Waals surface area contributed by atoms with E-state index in [2.05, 4.69) is 22.1 Å². The molecule has 0 aliphatic rings. The zero-order chi connectivity index (χ0) is 21.5. The van der Waals surface area contributed by atoms with Crippen molar-refractivity contribution in [2.45, 2.75) is 0 Å². The molecule has 0 spiro atoms. The van der Waals surface area contributed by atoms with Crippen LogP contribution in [0.3, 0.4) is 0 Å². The first-order chi connectivity index (χ1) is 15.0. The minimum absolute atomic E-state index is 0.170. The van der Waals surface area contributed by atoms with Crippen LogP contribution in [0, 0.1) is 0 Å². The second-order valence-electron chi connectivity index (χ2n) is 7.60. The largest absolute Gasteiger partial charge is 0.373 e. The van der Waals surface area contributed by atoms with E-state index < -0.39 is 0 Å². The molecule has 5 rings (SSSR count). The Morgan fingerprint density at radius 1 is 0.903 bits per heavy atom. The molecule has 0 saturated heterocycles. The van der Waals surface area contributed by atoms with Gasteiger partial charge in [-0.15, -0.1) is 0 Å². The van der Waals surface area contributed by atoms with Gasteiger partial charge < -0.3 is 9.88 Å². The van der Waals surface area contributed by atoms with E-state index in [4.69, 9.17) is 16.6 Å². The summed E-state index contributed by atoms with van der Waals surface area (Å²) in [5.41, 5.74) is 5.33. The Bertz CT molecular complexity index is 1490. The molecule has 0 amide bonds. The fourth-order valence-corrected chi connectivity index (χ4v) is 4.07. The number of anilines is 1. The van der Waals surface area contributed by atoms with Gasteiger partial charge in [-0.25, -0.2) is 4.98 Å². The molecular formula is C25H19ClN4O. The van der Waals surface area contributed by atoms with Crippen LogP contribution in [0.25, 0.3) is 44.3 Å². The number of halogens is 1. The molecule has 152 valence electrons. The van der Waals surface area contributed by atoms with Crippen molar-refractivity contribution >= 4 is 39.2 Å². The summed E-state index contributed by atoms with van der Waals surface area (Å²) in [4.78, 5) is 26.5. The normalized spacial score (nSPS) is 11.2. The van der Waals surface area contributed by atoms with Gasteiger partial charge in [0.05, 0.1) is 16.2 Å². The highest BCUT2D eigenvalue weighted by Crippen LogP contribution is 2.36. The zero-order valence-electron chi connectivity index (χ0n) is 17.1. The lowest BCUT2D eigenvalue weighted by Crippen LogP contribution is -2.20. The Balaban J connectivity index is 1.85. The molecule has 0 saturated carbocycles. The van der Waals surface area contributed by atoms with Crippen molar-refractivity contribution in [3.63, 3.8) is 0 Å². The van der Waals surface area contributed by atoms with Crippen molar-refractivity contribution < 1.29 is 0 Å². The topological polar surface area (TPSA) is 61.9 Å². The molecule has 0 aliphatic heterocycles. The lowest BCUT2D eigenvalue weighted by molar-refractivity contribution is 1.09. The van der Waals surface area contributed by atoms with Crippen LogP contribution in [-0.2, 0) is 0 Å². The van der Waals surface area contributed by atoms with E-state index in [1.54, 1.807) is 11.1 Å². The lowest BCUT2D eigenvalue weighted by Gasteiger charge is -2.15. The maximum Gasteiger partial charge on any atom is 0.273 e. The van der Waals surface area contributed by atoms with Crippen molar-refractivity contribution in [3.05, 3.63) is 88.3 Å². The molecule has 0 unspecified atom stereocenters. The van der Waals surface area contributed by atoms with Gasteiger partial charge in [-0.3, -0.25) is 9.78 Å². The molecule has 1 N–H and O–H groups in total. The number of nitrogens with zero attached hydrogens (tertiary/aromatic N) is 3. The van der Waals surface area contributed by atoms with Gasteiger partial charge in [0.15, 0.2) is 0 Å². The van der Waals surface area contributed by atoms with Gasteiger partial charge in [-0.1, -0.05) is 48.0 Å². The number of benzene rings is 2. The van der Waals surface area contributed by atoms with E-state index in [0.717, 1.165) is 38.7 Å². The molecule has 3 heterocycles. The fourth-order valence-electron chi connectivity index (χ4n) is 3.80. The Hall–Kier alpha value is -3.70. The first-order valence-electron chi connectivity index (χ1n) is 9.87. The molecule has 0 atom stereocenters. The quantitative estimate of drug-likeness (QED) is 0.412. The number of H-pyrrole nitrogens is 1. The van der Waals surface area contributed by atoms with Crippen LogP contribution in [-0.4, -0.2) is 29.0 Å². The summed E-state index contributed by atoms with van der Waals surface area (Å²) in [5.74, 6) is 0. The third kappa shape index (κ3) is 3.43. The zero-order valence-corrected chi connectivity index (χ0v) is 17.8. The Morgan fingerprint density at radius 3 is 2.48 bits per heavy atom. The average Bonchev–Trinajstić information content (AvgIpc) is 2.78. The standard InChI is InChI=1S/C25H19ClN4O/c1-30(2)21-14-18-12-19(17-11-16-9-6-10-27-23(16)20(26)13-17)22(15-7-4-3-5-8-15)28-24(18)29-25(21)31/h3-14H,1-2H3,(H,28,29,31). The smallest absolute Gasteiger partial charge is 0.273 e. The highest BCUT2D eigenvalue weighted by molar-refractivity contribution is 6.35. The van der Waals surface area contributed by atoms with E-state index in [0.29, 0.717) is 16.4 Å². The van der Waals surface area contributed by atoms with Crippen molar-refractivity contribution in [3.8, 4) is 22.4 Å². The Labute approximate surface area is 184 Å². The summed E-state index contributed by atoms with van der Waals surface area (Å²) in [5, 5.41) is 2.39. The molecule has 3 aromatic heterocycles. The second kappa shape index (κ2) is 7.52. The number of hydrogen-bond donors (Lipinski definition) is 1. The van der Waals surface area contributed by atoms with Crippen LogP contribution in [0.1, 0.15) is 0 Å². The van der Waals surface area contributed by atoms with E-state index in [1.807, 2.05) is 68.7 Å². The Morgan fingerprint density at radius 2 is 1.71 bits per heavy atom. The predicted octanol–water partition coefficient (Wildman–Crippen LogP) is 5.52. The molecule has 0 radical (unpaired) electrons. The van der Waals surface area contributed by atoms with Crippen molar-refractivity contribution in [1.29, 1.82) is 0 Å². The molecule has 0 fully saturated rings. The molecule has 6 heteroatoms. The number of aromatic amines is 1. The van der Waals surface area contributed by atoms with Gasteiger partial charge >= 0.3 is 0 Å². The maximum atomic E-state index is 12.5. The van der Waals surface area contributed by atoms with Crippen molar-refractivity contribution in [1.82, 2.24) is 15.0 Å². The lowest BCUT2D eigenvalue weighted by atomic mass is 9.97. The molecule has 2 aromatic carbocycles. The summed E-state index contributed by atoms with van der Waals surface area (Å²) < 4.78 is 0. The first kappa shape index (κ1) is 19.3. The summed E-state index contributed by atoms with van der Waals surface area (Å²) >= 11 is 6.58. The van der Waals surface area contributed by atoms with E-state index in [9.17, 15) is 4.79 Å². The van der Waals surface area contributed by atoms with Gasteiger partial charge in [-0.05, 0) is 35.9 Å². The van der Waals surface area contributed by atoms with Crippen LogP contribution in [0.5, 0.6) is 0 Å². The third-order valence-electron chi connectivity index (χ3n) is 5.31. The van der Waals surface area contributed by atoms with Gasteiger partial charge in [0.25, 0.3) is 5.56 Å². The minimum atomic E-state index is -0.170. The minimum Gasteiger partial charge on any atom is -0.373 e. The SMILES string of the molecule is CN(C)c1cc2cc(-c3cc(Cl)c4ncccc4c3)c(-c3ccccc3)nc2[nH]c1=O. The highest BCUT2D eigenvalue weighted by atomic mass is 35.5. The molecule has 5 nitrogen and oxygen atoms in total. The third-order valence-corrected chi connectivity index (χ3v) is 5.60. The van der Waals surface area contributed by atoms with Crippen LogP contribution in [0.15, 0.2) is 77.7 Å². The number of aromatic nitrogens is 3. The molecule has 0 aliphatic carbocycles. The predicted molar refractivity (Wildman–Crippen MR) is 128 cm³/mol. The average molecular weight is 427 g/mol. The number of pyridine rings is 3. The van der Waals surface area contributed by atoms with Crippen LogP contribution in [0.2, 0.25) is 5.02 Å². The van der Waals surface area contributed by atoms with Crippen LogP contribution in [0.4, 0.5) is 5.69 Å². The van der Waals surface area contributed by atoms with E-state index in [1.165, 1.54) is 0 Å². The van der Waals surface area contributed by atoms with E-state index in [-0.39, 0.29) is 5.56 Å². The number of nitrogens with one attached hydrogen (secondary N) is 1. The molecular weight excluding hydrogens is 408 g/mol. The van der Waals surface area contributed by atoms with Gasteiger partial charge in [0, 0.05) is 42.2 Å². The second-order valence-corrected chi connectivity index (χ2v) is 8.01. The molecule has 31 heavy (non-hydrogen) atoms. The summed E-state index contributed by atoms with van der Waals surface area (Å²) in [6, 6.07) is 21.7. The monoisotopic (exact) mass is 426 g/mol. The molecule has 0 bridgehead atoms. The van der Waals surface area contributed by atoms with Gasteiger partial charge in [0.2, 0.25) is 0 Å². The summed E-state index contributed by atoms with van der Waals surface area (Å²) in [6.07, 6.45) is 1.74. The fraction of sp³-hybridized carbons (Fsp3) is 0.0800. The number of hydrogen-bond acceptors (Lipinski definition) is 4. The summed E-state index contributed by atoms with van der Waals surface area (Å²) in [6.45, 7) is 0. The first-order valence-corrected chi connectivity index (χ1v) is 10.2. The number of rotatable bonds is 3. The van der Waals surface area contributed by atoms with Crippen LogP contribution < -0.4 is 10.5 Å². The van der Waals surface area contributed by atoms with Crippen molar-refractivity contribution in [2.75, 3.05) is 19.0 Å². The number of fused-ring (bicyclic) bond motifs is 2. The van der Waals surface area contributed by atoms with E-state index >= 15 is 0 Å². The highest BCUT2D eigenvalue weighted by Gasteiger charge is 2.15. The molecule has 5 aromatic rings. The Kier molecular flexibility index (Phi) is 4.68. The summed E-state index contributed by atoms with van der Waals surface area (Å²) in [7, 11) is 3.69. The van der Waals surface area contributed by atoms with Crippen LogP contribution >= 0.6 is 11.6 Å². The maximum absolute atomic E-state index is 12.5. The van der Waals surface area contributed by atoms with Crippen molar-refractivity contribution in [2.24, 2.45) is 0 Å². The van der Waals surface area contributed by atoms with Gasteiger partial charge in [-0.2, -0.15) is 0 Å².